The Bertz CT molecular complexity index is 585. The number of carbonyl (C=O) groups is 1. The van der Waals surface area contributed by atoms with Crippen molar-refractivity contribution < 1.29 is 14.3 Å². The fourth-order valence-corrected chi connectivity index (χ4v) is 2.18. The molecular formula is C11H9ClFN3O2S. The van der Waals surface area contributed by atoms with Crippen LogP contribution in [0.5, 0.6) is 0 Å². The fraction of sp³-hybridized carbons (Fsp3) is 0.182. The molecule has 1 aromatic carbocycles. The third-order valence-corrected chi connectivity index (χ3v) is 3.43. The largest absolute Gasteiger partial charge is 0.481 e. The monoisotopic (exact) mass is 301 g/mol. The summed E-state index contributed by atoms with van der Waals surface area (Å²) in [5.74, 6) is -1.06. The number of rotatable bonds is 5. The number of aliphatic carboxylic acids is 1. The van der Waals surface area contributed by atoms with Crippen molar-refractivity contribution >= 4 is 29.3 Å². The minimum atomic E-state index is -0.950. The molecule has 5 nitrogen and oxygen atoms in total. The molecule has 0 bridgehead atoms. The van der Waals surface area contributed by atoms with Gasteiger partial charge in [0.15, 0.2) is 0 Å². The summed E-state index contributed by atoms with van der Waals surface area (Å²) in [7, 11) is 0. The maximum atomic E-state index is 13.6. The highest BCUT2D eigenvalue weighted by Crippen LogP contribution is 2.21. The lowest BCUT2D eigenvalue weighted by molar-refractivity contribution is -0.133. The highest BCUT2D eigenvalue weighted by molar-refractivity contribution is 7.99. The third-order valence-electron chi connectivity index (χ3n) is 2.24. The quantitative estimate of drug-likeness (QED) is 0.829. The van der Waals surface area contributed by atoms with Crippen LogP contribution in [0.15, 0.2) is 23.4 Å². The molecule has 0 atom stereocenters. The van der Waals surface area contributed by atoms with Gasteiger partial charge in [0.2, 0.25) is 5.16 Å². The molecule has 1 aromatic heterocycles. The molecule has 0 radical (unpaired) electrons. The summed E-state index contributed by atoms with van der Waals surface area (Å²) in [4.78, 5) is 14.5. The molecule has 0 spiro atoms. The Balaban J connectivity index is 2.09. The number of nitrogens with one attached hydrogen (secondary N) is 1. The predicted octanol–water partition coefficient (Wildman–Crippen LogP) is 2.36. The summed E-state index contributed by atoms with van der Waals surface area (Å²) >= 11 is 6.89. The van der Waals surface area contributed by atoms with Crippen molar-refractivity contribution in [3.8, 4) is 0 Å². The minimum Gasteiger partial charge on any atom is -0.481 e. The Labute approximate surface area is 117 Å². The maximum Gasteiger partial charge on any atom is 0.313 e. The average molecular weight is 302 g/mol. The van der Waals surface area contributed by atoms with E-state index in [-0.39, 0.29) is 12.2 Å². The van der Waals surface area contributed by atoms with E-state index in [2.05, 4.69) is 15.2 Å². The summed E-state index contributed by atoms with van der Waals surface area (Å²) in [6.07, 6.45) is 0.173. The lowest BCUT2D eigenvalue weighted by Crippen LogP contribution is -1.98. The van der Waals surface area contributed by atoms with E-state index in [1.165, 1.54) is 12.1 Å². The first-order chi connectivity index (χ1) is 9.06. The van der Waals surface area contributed by atoms with E-state index in [0.29, 0.717) is 21.6 Å². The summed E-state index contributed by atoms with van der Waals surface area (Å²) in [5.41, 5.74) is 0.329. The second-order valence-electron chi connectivity index (χ2n) is 3.62. The van der Waals surface area contributed by atoms with Gasteiger partial charge in [0.05, 0.1) is 5.75 Å². The molecule has 0 fully saturated rings. The van der Waals surface area contributed by atoms with E-state index in [1.807, 2.05) is 0 Å². The number of carboxylic acids is 1. The van der Waals surface area contributed by atoms with Crippen LogP contribution in [-0.2, 0) is 11.2 Å². The molecule has 0 aliphatic carbocycles. The fourth-order valence-electron chi connectivity index (χ4n) is 1.42. The summed E-state index contributed by atoms with van der Waals surface area (Å²) in [6.45, 7) is 0. The standard InChI is InChI=1S/C11H9ClFN3O2S/c12-7-2-1-3-8(13)6(7)4-9-14-11(16-15-9)19-5-10(17)18/h1-3H,4-5H2,(H,17,18)(H,14,15,16). The number of hydrogen-bond acceptors (Lipinski definition) is 4. The van der Waals surface area contributed by atoms with Crippen molar-refractivity contribution in [1.82, 2.24) is 15.2 Å². The molecule has 0 saturated heterocycles. The Morgan fingerprint density at radius 3 is 3.00 bits per heavy atom. The number of halogens is 2. The number of thioether (sulfide) groups is 1. The van der Waals surface area contributed by atoms with Crippen molar-refractivity contribution in [2.75, 3.05) is 5.75 Å². The highest BCUT2D eigenvalue weighted by Gasteiger charge is 2.11. The van der Waals surface area contributed by atoms with Crippen LogP contribution >= 0.6 is 23.4 Å². The van der Waals surface area contributed by atoms with E-state index >= 15 is 0 Å². The molecule has 0 aliphatic rings. The molecule has 0 amide bonds. The molecule has 0 saturated carbocycles. The van der Waals surface area contributed by atoms with Gasteiger partial charge in [0, 0.05) is 17.0 Å². The van der Waals surface area contributed by atoms with E-state index in [4.69, 9.17) is 16.7 Å². The van der Waals surface area contributed by atoms with Gasteiger partial charge in [-0.2, -0.15) is 0 Å². The number of hydrogen-bond donors (Lipinski definition) is 2. The molecule has 8 heteroatoms. The number of aromatic amines is 1. The lowest BCUT2D eigenvalue weighted by atomic mass is 10.1. The van der Waals surface area contributed by atoms with E-state index < -0.39 is 11.8 Å². The molecule has 2 rings (SSSR count). The zero-order valence-corrected chi connectivity index (χ0v) is 11.1. The minimum absolute atomic E-state index is 0.127. The summed E-state index contributed by atoms with van der Waals surface area (Å²) in [6, 6.07) is 4.43. The van der Waals surface area contributed by atoms with Gasteiger partial charge in [-0.1, -0.05) is 29.4 Å². The van der Waals surface area contributed by atoms with Crippen LogP contribution in [0, 0.1) is 5.82 Å². The summed E-state index contributed by atoms with van der Waals surface area (Å²) < 4.78 is 13.6. The molecule has 1 heterocycles. The Hall–Kier alpha value is -1.60. The molecule has 2 N–H and O–H groups in total. The van der Waals surface area contributed by atoms with Crippen molar-refractivity contribution in [2.45, 2.75) is 11.6 Å². The van der Waals surface area contributed by atoms with Gasteiger partial charge in [-0.05, 0) is 12.1 Å². The highest BCUT2D eigenvalue weighted by atomic mass is 35.5. The van der Waals surface area contributed by atoms with Gasteiger partial charge in [0.25, 0.3) is 0 Å². The van der Waals surface area contributed by atoms with Gasteiger partial charge in [0.1, 0.15) is 11.6 Å². The molecule has 19 heavy (non-hydrogen) atoms. The molecular weight excluding hydrogens is 293 g/mol. The van der Waals surface area contributed by atoms with Gasteiger partial charge in [-0.15, -0.1) is 5.10 Å². The third kappa shape index (κ3) is 3.68. The van der Waals surface area contributed by atoms with Crippen LogP contribution in [0.4, 0.5) is 4.39 Å². The number of carboxylic acid groups (broad SMARTS) is 1. The summed E-state index contributed by atoms with van der Waals surface area (Å²) in [5, 5.41) is 15.6. The normalized spacial score (nSPS) is 10.6. The molecule has 2 aromatic rings. The first-order valence-electron chi connectivity index (χ1n) is 5.25. The first kappa shape index (κ1) is 13.8. The Morgan fingerprint density at radius 2 is 2.32 bits per heavy atom. The van der Waals surface area contributed by atoms with E-state index in [0.717, 1.165) is 11.8 Å². The molecule has 0 aliphatic heterocycles. The second-order valence-corrected chi connectivity index (χ2v) is 4.97. The number of H-pyrrole nitrogens is 1. The lowest BCUT2D eigenvalue weighted by Gasteiger charge is -2.02. The zero-order chi connectivity index (χ0) is 13.8. The van der Waals surface area contributed by atoms with Gasteiger partial charge >= 0.3 is 5.97 Å². The van der Waals surface area contributed by atoms with Crippen molar-refractivity contribution in [3.63, 3.8) is 0 Å². The predicted molar refractivity (Wildman–Crippen MR) is 69.0 cm³/mol. The average Bonchev–Trinajstić information content (AvgIpc) is 2.79. The van der Waals surface area contributed by atoms with Crippen LogP contribution in [-0.4, -0.2) is 32.0 Å². The van der Waals surface area contributed by atoms with E-state index in [1.54, 1.807) is 6.07 Å². The van der Waals surface area contributed by atoms with Crippen molar-refractivity contribution in [1.29, 1.82) is 0 Å². The van der Waals surface area contributed by atoms with Crippen LogP contribution < -0.4 is 0 Å². The second kappa shape index (κ2) is 6.03. The SMILES string of the molecule is O=C(O)CSc1n[nH]c(Cc2c(F)cccc2Cl)n1. The Kier molecular flexibility index (Phi) is 4.39. The van der Waals surface area contributed by atoms with Gasteiger partial charge in [-0.25, -0.2) is 9.37 Å². The number of benzene rings is 1. The molecule has 0 unspecified atom stereocenters. The maximum absolute atomic E-state index is 13.6. The van der Waals surface area contributed by atoms with Gasteiger partial charge in [-0.3, -0.25) is 9.89 Å². The first-order valence-corrected chi connectivity index (χ1v) is 6.61. The van der Waals surface area contributed by atoms with E-state index in [9.17, 15) is 9.18 Å². The number of aromatic nitrogens is 3. The smallest absolute Gasteiger partial charge is 0.313 e. The van der Waals surface area contributed by atoms with Crippen LogP contribution in [0.2, 0.25) is 5.02 Å². The zero-order valence-electron chi connectivity index (χ0n) is 9.56. The Morgan fingerprint density at radius 1 is 1.53 bits per heavy atom. The molecule has 100 valence electrons. The topological polar surface area (TPSA) is 78.9 Å². The van der Waals surface area contributed by atoms with Gasteiger partial charge < -0.3 is 5.11 Å². The van der Waals surface area contributed by atoms with Crippen molar-refractivity contribution in [2.24, 2.45) is 0 Å². The van der Waals surface area contributed by atoms with Crippen LogP contribution in [0.25, 0.3) is 0 Å². The number of nitrogens with zero attached hydrogens (tertiary/aromatic N) is 2. The van der Waals surface area contributed by atoms with Crippen molar-refractivity contribution in [3.05, 3.63) is 40.4 Å². The van der Waals surface area contributed by atoms with Crippen LogP contribution in [0.3, 0.4) is 0 Å². The van der Waals surface area contributed by atoms with Crippen LogP contribution in [0.1, 0.15) is 11.4 Å².